The molecule has 2 N–H and O–H groups in total. The Morgan fingerprint density at radius 1 is 0.913 bits per heavy atom. The van der Waals surface area contributed by atoms with Gasteiger partial charge in [-0.2, -0.15) is 0 Å². The molecule has 0 unspecified atom stereocenters. The van der Waals surface area contributed by atoms with E-state index in [2.05, 4.69) is 55.7 Å². The van der Waals surface area contributed by atoms with Crippen molar-refractivity contribution in [1.29, 1.82) is 0 Å². The van der Waals surface area contributed by atoms with Crippen LogP contribution in [0.2, 0.25) is 0 Å². The molecule has 0 bridgehead atoms. The first kappa shape index (κ1) is 16.9. The van der Waals surface area contributed by atoms with Crippen molar-refractivity contribution in [2.75, 3.05) is 17.2 Å². The van der Waals surface area contributed by atoms with Crippen LogP contribution in [0.3, 0.4) is 0 Å². The summed E-state index contributed by atoms with van der Waals surface area (Å²) in [4.78, 5) is 11.4. The quantitative estimate of drug-likeness (QED) is 0.806. The summed E-state index contributed by atoms with van der Waals surface area (Å²) in [6.45, 7) is 8.73. The van der Waals surface area contributed by atoms with Crippen LogP contribution in [0.25, 0.3) is 0 Å². The second-order valence-corrected chi connectivity index (χ2v) is 6.38. The van der Waals surface area contributed by atoms with E-state index in [1.54, 1.807) is 6.92 Å². The van der Waals surface area contributed by atoms with Crippen molar-refractivity contribution in [3.8, 4) is 0 Å². The maximum Gasteiger partial charge on any atom is 0.411 e. The number of hydrogen-bond donors (Lipinski definition) is 2. The average Bonchev–Trinajstić information content (AvgIpc) is 2.49. The molecule has 0 spiro atoms. The van der Waals surface area contributed by atoms with Gasteiger partial charge in [-0.3, -0.25) is 5.32 Å². The van der Waals surface area contributed by atoms with Crippen LogP contribution in [-0.2, 0) is 10.2 Å². The van der Waals surface area contributed by atoms with Crippen LogP contribution < -0.4 is 10.6 Å². The molecule has 122 valence electrons. The molecular weight excluding hydrogens is 288 g/mol. The zero-order valence-corrected chi connectivity index (χ0v) is 14.1. The first-order chi connectivity index (χ1) is 10.9. The van der Waals surface area contributed by atoms with Crippen LogP contribution in [0.5, 0.6) is 0 Å². The minimum Gasteiger partial charge on any atom is -0.450 e. The van der Waals surface area contributed by atoms with Gasteiger partial charge in [0.2, 0.25) is 0 Å². The molecule has 0 aromatic heterocycles. The molecule has 0 heterocycles. The van der Waals surface area contributed by atoms with Crippen molar-refractivity contribution in [3.63, 3.8) is 0 Å². The molecule has 0 aliphatic rings. The van der Waals surface area contributed by atoms with Gasteiger partial charge in [0.1, 0.15) is 0 Å². The molecule has 0 radical (unpaired) electrons. The summed E-state index contributed by atoms with van der Waals surface area (Å²) >= 11 is 0. The molecule has 23 heavy (non-hydrogen) atoms. The van der Waals surface area contributed by atoms with Gasteiger partial charge in [-0.1, -0.05) is 32.9 Å². The van der Waals surface area contributed by atoms with Crippen LogP contribution in [-0.4, -0.2) is 12.7 Å². The normalized spacial score (nSPS) is 11.0. The minimum absolute atomic E-state index is 0.152. The smallest absolute Gasteiger partial charge is 0.411 e. The predicted octanol–water partition coefficient (Wildman–Crippen LogP) is 5.30. The van der Waals surface area contributed by atoms with Gasteiger partial charge in [-0.15, -0.1) is 0 Å². The van der Waals surface area contributed by atoms with Gasteiger partial charge in [0.05, 0.1) is 6.61 Å². The van der Waals surface area contributed by atoms with Crippen LogP contribution in [0, 0.1) is 0 Å². The van der Waals surface area contributed by atoms with Gasteiger partial charge in [0.15, 0.2) is 0 Å². The Kier molecular flexibility index (Phi) is 5.27. The van der Waals surface area contributed by atoms with Crippen LogP contribution in [0.1, 0.15) is 33.3 Å². The first-order valence-corrected chi connectivity index (χ1v) is 7.80. The highest BCUT2D eigenvalue weighted by Gasteiger charge is 2.12. The Morgan fingerprint density at radius 2 is 1.39 bits per heavy atom. The van der Waals surface area contributed by atoms with Crippen LogP contribution in [0.15, 0.2) is 48.5 Å². The van der Waals surface area contributed by atoms with Crippen molar-refractivity contribution in [2.24, 2.45) is 0 Å². The van der Waals surface area contributed by atoms with E-state index < -0.39 is 6.09 Å². The van der Waals surface area contributed by atoms with Crippen molar-refractivity contribution in [3.05, 3.63) is 54.1 Å². The van der Waals surface area contributed by atoms with Crippen molar-refractivity contribution in [1.82, 2.24) is 0 Å². The highest BCUT2D eigenvalue weighted by molar-refractivity contribution is 5.84. The van der Waals surface area contributed by atoms with E-state index in [9.17, 15) is 4.79 Å². The molecule has 2 rings (SSSR count). The standard InChI is InChI=1S/C19H24N2O2/c1-5-23-18(22)21-17-12-10-16(11-13-17)20-15-8-6-14(7-9-15)19(2,3)4/h6-13,20H,5H2,1-4H3,(H,21,22). The van der Waals surface area contributed by atoms with E-state index in [1.165, 1.54) is 5.56 Å². The van der Waals surface area contributed by atoms with Gasteiger partial charge < -0.3 is 10.1 Å². The maximum absolute atomic E-state index is 11.4. The van der Waals surface area contributed by atoms with E-state index in [0.29, 0.717) is 12.3 Å². The van der Waals surface area contributed by atoms with Gasteiger partial charge in [-0.05, 0) is 54.3 Å². The molecule has 0 aliphatic carbocycles. The molecular formula is C19H24N2O2. The summed E-state index contributed by atoms with van der Waals surface area (Å²) in [6.07, 6.45) is -0.439. The van der Waals surface area contributed by atoms with Gasteiger partial charge >= 0.3 is 6.09 Å². The molecule has 2 aromatic carbocycles. The summed E-state index contributed by atoms with van der Waals surface area (Å²) < 4.78 is 4.84. The number of hydrogen-bond acceptors (Lipinski definition) is 3. The Hall–Kier alpha value is -2.49. The molecule has 0 saturated carbocycles. The average molecular weight is 312 g/mol. The third-order valence-electron chi connectivity index (χ3n) is 3.45. The number of rotatable bonds is 4. The topological polar surface area (TPSA) is 50.4 Å². The fourth-order valence-electron chi connectivity index (χ4n) is 2.14. The number of benzene rings is 2. The lowest BCUT2D eigenvalue weighted by atomic mass is 9.87. The predicted molar refractivity (Wildman–Crippen MR) is 95.5 cm³/mol. The third-order valence-corrected chi connectivity index (χ3v) is 3.45. The SMILES string of the molecule is CCOC(=O)Nc1ccc(Nc2ccc(C(C)(C)C)cc2)cc1. The summed E-state index contributed by atoms with van der Waals surface area (Å²) in [7, 11) is 0. The Labute approximate surface area is 137 Å². The Bertz CT molecular complexity index is 641. The lowest BCUT2D eigenvalue weighted by Gasteiger charge is -2.19. The lowest BCUT2D eigenvalue weighted by Crippen LogP contribution is -2.13. The van der Waals surface area contributed by atoms with Gasteiger partial charge in [0.25, 0.3) is 0 Å². The lowest BCUT2D eigenvalue weighted by molar-refractivity contribution is 0.168. The summed E-state index contributed by atoms with van der Waals surface area (Å²) in [5.74, 6) is 0. The zero-order chi connectivity index (χ0) is 16.9. The summed E-state index contributed by atoms with van der Waals surface area (Å²) in [5, 5.41) is 6.01. The fraction of sp³-hybridized carbons (Fsp3) is 0.316. The molecule has 0 saturated heterocycles. The molecule has 4 heteroatoms. The maximum atomic E-state index is 11.4. The highest BCUT2D eigenvalue weighted by Crippen LogP contribution is 2.25. The molecule has 0 fully saturated rings. The van der Waals surface area contributed by atoms with E-state index in [4.69, 9.17) is 4.74 Å². The number of amides is 1. The zero-order valence-electron chi connectivity index (χ0n) is 14.1. The second kappa shape index (κ2) is 7.18. The molecule has 0 aliphatic heterocycles. The monoisotopic (exact) mass is 312 g/mol. The summed E-state index contributed by atoms with van der Waals surface area (Å²) in [6, 6.07) is 15.9. The highest BCUT2D eigenvalue weighted by atomic mass is 16.5. The molecule has 2 aromatic rings. The second-order valence-electron chi connectivity index (χ2n) is 6.38. The summed E-state index contributed by atoms with van der Waals surface area (Å²) in [5.41, 5.74) is 4.15. The number of nitrogens with one attached hydrogen (secondary N) is 2. The first-order valence-electron chi connectivity index (χ1n) is 7.80. The Morgan fingerprint density at radius 3 is 1.87 bits per heavy atom. The Balaban J connectivity index is 1.99. The molecule has 0 atom stereocenters. The largest absolute Gasteiger partial charge is 0.450 e. The number of carbonyl (C=O) groups is 1. The fourth-order valence-corrected chi connectivity index (χ4v) is 2.14. The van der Waals surface area contributed by atoms with Crippen molar-refractivity contribution >= 4 is 23.2 Å². The molecule has 1 amide bonds. The van der Waals surface area contributed by atoms with E-state index in [1.807, 2.05) is 24.3 Å². The van der Waals surface area contributed by atoms with E-state index >= 15 is 0 Å². The minimum atomic E-state index is -0.439. The van der Waals surface area contributed by atoms with E-state index in [0.717, 1.165) is 11.4 Å². The number of carbonyl (C=O) groups excluding carboxylic acids is 1. The third kappa shape index (κ3) is 5.02. The number of ether oxygens (including phenoxy) is 1. The van der Waals surface area contributed by atoms with Crippen LogP contribution in [0.4, 0.5) is 21.9 Å². The van der Waals surface area contributed by atoms with Crippen molar-refractivity contribution < 1.29 is 9.53 Å². The van der Waals surface area contributed by atoms with Gasteiger partial charge in [0, 0.05) is 17.1 Å². The van der Waals surface area contributed by atoms with Crippen molar-refractivity contribution in [2.45, 2.75) is 33.1 Å². The van der Waals surface area contributed by atoms with E-state index in [-0.39, 0.29) is 5.41 Å². The van der Waals surface area contributed by atoms with Crippen LogP contribution >= 0.6 is 0 Å². The molecule has 4 nitrogen and oxygen atoms in total. The number of anilines is 3. The van der Waals surface area contributed by atoms with Gasteiger partial charge in [-0.25, -0.2) is 4.79 Å².